The standard InChI is InChI=1S/C27H42O7/c1-7-22(25(30)34-26(4,5)6)27(32-15-16-33-27)14-13-23(28)20(3)24(29)19(2)17-31-18-21-11-9-8-10-12-21/h8-12,19-20,22,24,29H,7,13-18H2,1-6H3. The van der Waals surface area contributed by atoms with Gasteiger partial charge in [-0.25, -0.2) is 0 Å². The number of ether oxygens (including phenoxy) is 4. The van der Waals surface area contributed by atoms with Crippen molar-refractivity contribution in [1.29, 1.82) is 0 Å². The highest BCUT2D eigenvalue weighted by Crippen LogP contribution is 2.37. The molecule has 0 radical (unpaired) electrons. The van der Waals surface area contributed by atoms with Crippen molar-refractivity contribution in [2.24, 2.45) is 17.8 Å². The highest BCUT2D eigenvalue weighted by atomic mass is 16.7. The third kappa shape index (κ3) is 8.15. The summed E-state index contributed by atoms with van der Waals surface area (Å²) in [4.78, 5) is 25.8. The van der Waals surface area contributed by atoms with E-state index in [4.69, 9.17) is 18.9 Å². The molecule has 0 spiro atoms. The fraction of sp³-hybridized carbons (Fsp3) is 0.704. The number of aliphatic hydroxyl groups excluding tert-OH is 1. The zero-order valence-corrected chi connectivity index (χ0v) is 21.5. The Kier molecular flexibility index (Phi) is 10.7. The summed E-state index contributed by atoms with van der Waals surface area (Å²) >= 11 is 0. The van der Waals surface area contributed by atoms with E-state index >= 15 is 0 Å². The molecule has 4 atom stereocenters. The summed E-state index contributed by atoms with van der Waals surface area (Å²) in [6, 6.07) is 9.82. The largest absolute Gasteiger partial charge is 0.460 e. The lowest BCUT2D eigenvalue weighted by Crippen LogP contribution is -2.46. The van der Waals surface area contributed by atoms with E-state index < -0.39 is 29.3 Å². The van der Waals surface area contributed by atoms with Crippen LogP contribution in [0.2, 0.25) is 0 Å². The van der Waals surface area contributed by atoms with E-state index in [2.05, 4.69) is 0 Å². The molecule has 1 aromatic rings. The third-order valence-corrected chi connectivity index (χ3v) is 6.22. The van der Waals surface area contributed by atoms with Crippen LogP contribution in [0.15, 0.2) is 30.3 Å². The summed E-state index contributed by atoms with van der Waals surface area (Å²) in [5.41, 5.74) is 0.433. The van der Waals surface area contributed by atoms with Crippen molar-refractivity contribution in [2.45, 2.75) is 84.9 Å². The van der Waals surface area contributed by atoms with Gasteiger partial charge in [-0.05, 0) is 32.8 Å². The fourth-order valence-electron chi connectivity index (χ4n) is 4.26. The van der Waals surface area contributed by atoms with Gasteiger partial charge < -0.3 is 24.1 Å². The Labute approximate surface area is 204 Å². The first-order chi connectivity index (χ1) is 16.0. The molecule has 1 aliphatic rings. The van der Waals surface area contributed by atoms with Gasteiger partial charge in [0.15, 0.2) is 5.79 Å². The normalized spacial score (nSPS) is 19.3. The van der Waals surface area contributed by atoms with Gasteiger partial charge in [-0.1, -0.05) is 51.1 Å². The van der Waals surface area contributed by atoms with Gasteiger partial charge in [0.1, 0.15) is 17.3 Å². The van der Waals surface area contributed by atoms with Crippen molar-refractivity contribution < 1.29 is 33.6 Å². The zero-order chi connectivity index (χ0) is 25.4. The maximum Gasteiger partial charge on any atom is 0.314 e. The number of hydrogen-bond donors (Lipinski definition) is 1. The Bertz CT molecular complexity index is 765. The van der Waals surface area contributed by atoms with E-state index in [1.165, 1.54) is 0 Å². The van der Waals surface area contributed by atoms with Crippen LogP contribution < -0.4 is 0 Å². The van der Waals surface area contributed by atoms with Crippen molar-refractivity contribution in [3.63, 3.8) is 0 Å². The van der Waals surface area contributed by atoms with Gasteiger partial charge >= 0.3 is 5.97 Å². The van der Waals surface area contributed by atoms with Gasteiger partial charge in [-0.15, -0.1) is 0 Å². The second-order valence-electron chi connectivity index (χ2n) is 10.2. The molecule has 0 amide bonds. The lowest BCUT2D eigenvalue weighted by molar-refractivity contribution is -0.219. The Morgan fingerprint density at radius 1 is 1.12 bits per heavy atom. The first-order valence-corrected chi connectivity index (χ1v) is 12.3. The van der Waals surface area contributed by atoms with Crippen LogP contribution in [0.25, 0.3) is 0 Å². The Balaban J connectivity index is 1.92. The Morgan fingerprint density at radius 2 is 1.74 bits per heavy atom. The zero-order valence-electron chi connectivity index (χ0n) is 21.5. The summed E-state index contributed by atoms with van der Waals surface area (Å²) < 4.78 is 23.1. The van der Waals surface area contributed by atoms with E-state index in [9.17, 15) is 14.7 Å². The van der Waals surface area contributed by atoms with E-state index in [0.717, 1.165) is 5.56 Å². The number of ketones is 1. The third-order valence-electron chi connectivity index (χ3n) is 6.22. The molecule has 1 aliphatic heterocycles. The molecule has 0 bridgehead atoms. The highest BCUT2D eigenvalue weighted by molar-refractivity contribution is 5.81. The number of esters is 1. The van der Waals surface area contributed by atoms with Crippen LogP contribution in [0.4, 0.5) is 0 Å². The number of rotatable bonds is 13. The maximum absolute atomic E-state index is 13.0. The number of aliphatic hydroxyl groups is 1. The smallest absolute Gasteiger partial charge is 0.314 e. The minimum atomic E-state index is -1.18. The van der Waals surface area contributed by atoms with Gasteiger partial charge in [0.2, 0.25) is 0 Å². The monoisotopic (exact) mass is 478 g/mol. The molecule has 1 fully saturated rings. The maximum atomic E-state index is 13.0. The second-order valence-corrected chi connectivity index (χ2v) is 10.2. The molecule has 2 rings (SSSR count). The SMILES string of the molecule is CCC(C(=O)OC(C)(C)C)C1(CCC(=O)C(C)C(O)C(C)COCc2ccccc2)OCCO1. The quantitative estimate of drug-likeness (QED) is 0.423. The number of hydrogen-bond acceptors (Lipinski definition) is 7. The molecule has 34 heavy (non-hydrogen) atoms. The first kappa shape index (κ1) is 28.4. The summed E-state index contributed by atoms with van der Waals surface area (Å²) in [7, 11) is 0. The van der Waals surface area contributed by atoms with Crippen molar-refractivity contribution in [1.82, 2.24) is 0 Å². The number of carbonyl (C=O) groups is 2. The molecule has 1 aromatic carbocycles. The molecule has 7 nitrogen and oxygen atoms in total. The number of benzene rings is 1. The van der Waals surface area contributed by atoms with E-state index in [1.807, 2.05) is 65.0 Å². The van der Waals surface area contributed by atoms with E-state index in [1.54, 1.807) is 6.92 Å². The second kappa shape index (κ2) is 12.8. The van der Waals surface area contributed by atoms with E-state index in [-0.39, 0.29) is 30.5 Å². The summed E-state index contributed by atoms with van der Waals surface area (Å²) in [6.45, 7) is 12.5. The topological polar surface area (TPSA) is 91.3 Å². The summed E-state index contributed by atoms with van der Waals surface area (Å²) in [6.07, 6.45) is 0.00333. The van der Waals surface area contributed by atoms with Crippen LogP contribution in [0, 0.1) is 17.8 Å². The Morgan fingerprint density at radius 3 is 2.29 bits per heavy atom. The number of Topliss-reactive ketones (excluding diaryl/α,β-unsaturated/α-hetero) is 1. The van der Waals surface area contributed by atoms with Crippen molar-refractivity contribution >= 4 is 11.8 Å². The molecule has 7 heteroatoms. The van der Waals surface area contributed by atoms with Gasteiger partial charge in [-0.3, -0.25) is 9.59 Å². The predicted octanol–water partition coefficient (Wildman–Crippen LogP) is 4.30. The molecule has 0 aromatic heterocycles. The molecule has 1 N–H and O–H groups in total. The van der Waals surface area contributed by atoms with Crippen molar-refractivity contribution in [2.75, 3.05) is 19.8 Å². The molecular formula is C27H42O7. The average Bonchev–Trinajstić information content (AvgIpc) is 3.26. The van der Waals surface area contributed by atoms with Gasteiger partial charge in [-0.2, -0.15) is 0 Å². The predicted molar refractivity (Wildman–Crippen MR) is 129 cm³/mol. The van der Waals surface area contributed by atoms with Gasteiger partial charge in [0.25, 0.3) is 0 Å². The van der Waals surface area contributed by atoms with Crippen LogP contribution in [-0.2, 0) is 35.1 Å². The molecule has 1 saturated heterocycles. The van der Waals surface area contributed by atoms with Crippen LogP contribution in [0.5, 0.6) is 0 Å². The van der Waals surface area contributed by atoms with Crippen LogP contribution in [0.1, 0.15) is 66.4 Å². The minimum Gasteiger partial charge on any atom is -0.460 e. The molecule has 4 unspecified atom stereocenters. The molecule has 0 saturated carbocycles. The summed E-state index contributed by atoms with van der Waals surface area (Å²) in [5.74, 6) is -3.08. The molecular weight excluding hydrogens is 436 g/mol. The lowest BCUT2D eigenvalue weighted by Gasteiger charge is -2.35. The minimum absolute atomic E-state index is 0.0973. The van der Waals surface area contributed by atoms with Crippen LogP contribution in [-0.4, -0.2) is 54.2 Å². The van der Waals surface area contributed by atoms with E-state index in [0.29, 0.717) is 32.8 Å². The molecule has 1 heterocycles. The summed E-state index contributed by atoms with van der Waals surface area (Å²) in [5, 5.41) is 10.7. The van der Waals surface area contributed by atoms with Crippen LogP contribution >= 0.6 is 0 Å². The Hall–Kier alpha value is -1.80. The van der Waals surface area contributed by atoms with Crippen molar-refractivity contribution in [3.8, 4) is 0 Å². The van der Waals surface area contributed by atoms with Crippen LogP contribution in [0.3, 0.4) is 0 Å². The molecule has 192 valence electrons. The average molecular weight is 479 g/mol. The molecule has 0 aliphatic carbocycles. The lowest BCUT2D eigenvalue weighted by atomic mass is 9.85. The number of carbonyl (C=O) groups excluding carboxylic acids is 2. The fourth-order valence-corrected chi connectivity index (χ4v) is 4.26. The highest BCUT2D eigenvalue weighted by Gasteiger charge is 2.49. The van der Waals surface area contributed by atoms with Gasteiger partial charge in [0.05, 0.1) is 32.5 Å². The van der Waals surface area contributed by atoms with Crippen molar-refractivity contribution in [3.05, 3.63) is 35.9 Å². The van der Waals surface area contributed by atoms with Gasteiger partial charge in [0, 0.05) is 24.7 Å². The first-order valence-electron chi connectivity index (χ1n) is 12.3.